The number of methoxy groups -OCH3 is 1. The summed E-state index contributed by atoms with van der Waals surface area (Å²) in [5.74, 6) is 0.824. The molecule has 1 atom stereocenters. The van der Waals surface area contributed by atoms with Gasteiger partial charge in [0.1, 0.15) is 16.9 Å². The number of pyridine rings is 1. The number of ether oxygens (including phenoxy) is 1. The number of nitrogens with two attached hydrogens (primary N) is 1. The summed E-state index contributed by atoms with van der Waals surface area (Å²) in [5.41, 5.74) is 10.2. The number of thiophene rings is 1. The fraction of sp³-hybridized carbons (Fsp3) is 0.105. The molecule has 124 valence electrons. The first-order valence-electron chi connectivity index (χ1n) is 7.81. The summed E-state index contributed by atoms with van der Waals surface area (Å²) in [6, 6.07) is 13.3. The molecule has 2 N–H and O–H groups in total. The van der Waals surface area contributed by atoms with E-state index in [1.165, 1.54) is 0 Å². The summed E-state index contributed by atoms with van der Waals surface area (Å²) in [6.45, 7) is 0. The Hall–Kier alpha value is -2.83. The van der Waals surface area contributed by atoms with Gasteiger partial charge in [-0.3, -0.25) is 4.98 Å². The van der Waals surface area contributed by atoms with Gasteiger partial charge in [-0.05, 0) is 29.8 Å². The van der Waals surface area contributed by atoms with Crippen LogP contribution in [-0.2, 0) is 0 Å². The topological polar surface area (TPSA) is 73.9 Å². The summed E-state index contributed by atoms with van der Waals surface area (Å²) < 4.78 is 5.24. The second-order valence-corrected chi connectivity index (χ2v) is 6.41. The Morgan fingerprint density at radius 2 is 1.88 bits per heavy atom. The maximum Gasteiger partial charge on any atom is 0.127 e. The molecule has 1 unspecified atom stereocenters. The molecule has 6 heteroatoms. The number of benzene rings is 1. The molecule has 0 aliphatic rings. The van der Waals surface area contributed by atoms with Crippen molar-refractivity contribution in [3.8, 4) is 16.9 Å². The molecule has 0 aliphatic heterocycles. The molecule has 0 saturated carbocycles. The minimum atomic E-state index is -0.404. The SMILES string of the molecule is COc1ccc(-c2csc3ncnc(C(N)c4ccccn4)c23)cc1. The third-order valence-corrected chi connectivity index (χ3v) is 4.99. The van der Waals surface area contributed by atoms with Crippen LogP contribution in [-0.4, -0.2) is 22.1 Å². The van der Waals surface area contributed by atoms with Crippen LogP contribution in [0.4, 0.5) is 0 Å². The molecule has 0 amide bonds. The molecule has 0 aliphatic carbocycles. The summed E-state index contributed by atoms with van der Waals surface area (Å²) in [6.07, 6.45) is 3.31. The average Bonchev–Trinajstić information content (AvgIpc) is 3.12. The van der Waals surface area contributed by atoms with Gasteiger partial charge in [0.05, 0.1) is 24.5 Å². The minimum absolute atomic E-state index is 0.404. The zero-order valence-corrected chi connectivity index (χ0v) is 14.4. The Labute approximate surface area is 149 Å². The van der Waals surface area contributed by atoms with E-state index in [4.69, 9.17) is 10.5 Å². The third-order valence-electron chi connectivity index (χ3n) is 4.10. The highest BCUT2D eigenvalue weighted by molar-refractivity contribution is 7.17. The summed E-state index contributed by atoms with van der Waals surface area (Å²) in [5, 5.41) is 3.08. The Morgan fingerprint density at radius 1 is 1.04 bits per heavy atom. The smallest absolute Gasteiger partial charge is 0.127 e. The highest BCUT2D eigenvalue weighted by atomic mass is 32.1. The van der Waals surface area contributed by atoms with Crippen LogP contribution in [0.3, 0.4) is 0 Å². The molecule has 3 heterocycles. The molecular formula is C19H16N4OS. The predicted molar refractivity (Wildman–Crippen MR) is 99.7 cm³/mol. The Bertz CT molecular complexity index is 999. The van der Waals surface area contributed by atoms with Crippen molar-refractivity contribution in [2.45, 2.75) is 6.04 Å². The van der Waals surface area contributed by atoms with Gasteiger partial charge in [0, 0.05) is 22.5 Å². The first kappa shape index (κ1) is 15.7. The standard InChI is InChI=1S/C19H16N4OS/c1-24-13-7-5-12(6-8-13)14-10-25-19-16(14)18(22-11-23-19)17(20)15-4-2-3-9-21-15/h2-11,17H,20H2,1H3. The average molecular weight is 348 g/mol. The number of hydrogen-bond donors (Lipinski definition) is 1. The predicted octanol–water partition coefficient (Wildman–Crippen LogP) is 3.81. The molecule has 1 aromatic carbocycles. The highest BCUT2D eigenvalue weighted by Gasteiger charge is 2.19. The van der Waals surface area contributed by atoms with Crippen LogP contribution in [0.15, 0.2) is 60.4 Å². The fourth-order valence-electron chi connectivity index (χ4n) is 2.82. The van der Waals surface area contributed by atoms with Crippen LogP contribution in [0.1, 0.15) is 17.4 Å². The van der Waals surface area contributed by atoms with Gasteiger partial charge >= 0.3 is 0 Å². The van der Waals surface area contributed by atoms with Crippen molar-refractivity contribution in [1.82, 2.24) is 15.0 Å². The van der Waals surface area contributed by atoms with Gasteiger partial charge < -0.3 is 10.5 Å². The molecule has 25 heavy (non-hydrogen) atoms. The third kappa shape index (κ3) is 2.86. The van der Waals surface area contributed by atoms with E-state index in [1.54, 1.807) is 31.0 Å². The lowest BCUT2D eigenvalue weighted by molar-refractivity contribution is 0.415. The van der Waals surface area contributed by atoms with E-state index in [-0.39, 0.29) is 0 Å². The Balaban J connectivity index is 1.87. The van der Waals surface area contributed by atoms with Crippen LogP contribution >= 0.6 is 11.3 Å². The first-order chi connectivity index (χ1) is 12.3. The lowest BCUT2D eigenvalue weighted by atomic mass is 10.0. The van der Waals surface area contributed by atoms with E-state index in [0.717, 1.165) is 38.5 Å². The molecule has 0 spiro atoms. The summed E-state index contributed by atoms with van der Waals surface area (Å²) in [4.78, 5) is 14.2. The van der Waals surface area contributed by atoms with Gasteiger partial charge in [-0.15, -0.1) is 11.3 Å². The minimum Gasteiger partial charge on any atom is -0.497 e. The number of fused-ring (bicyclic) bond motifs is 1. The van der Waals surface area contributed by atoms with E-state index >= 15 is 0 Å². The van der Waals surface area contributed by atoms with Gasteiger partial charge in [0.2, 0.25) is 0 Å². The maximum atomic E-state index is 6.47. The van der Waals surface area contributed by atoms with Crippen LogP contribution in [0.2, 0.25) is 0 Å². The molecular weight excluding hydrogens is 332 g/mol. The second kappa shape index (κ2) is 6.58. The first-order valence-corrected chi connectivity index (χ1v) is 8.69. The van der Waals surface area contributed by atoms with E-state index in [1.807, 2.05) is 42.5 Å². The van der Waals surface area contributed by atoms with Crippen molar-refractivity contribution in [2.24, 2.45) is 5.73 Å². The lowest BCUT2D eigenvalue weighted by Gasteiger charge is -2.12. The molecule has 5 nitrogen and oxygen atoms in total. The van der Waals surface area contributed by atoms with E-state index in [9.17, 15) is 0 Å². The molecule has 4 rings (SSSR count). The van der Waals surface area contributed by atoms with E-state index < -0.39 is 6.04 Å². The van der Waals surface area contributed by atoms with Crippen LogP contribution in [0.25, 0.3) is 21.3 Å². The zero-order chi connectivity index (χ0) is 17.2. The van der Waals surface area contributed by atoms with Gasteiger partial charge in [-0.25, -0.2) is 9.97 Å². The van der Waals surface area contributed by atoms with Crippen molar-refractivity contribution >= 4 is 21.6 Å². The Kier molecular flexibility index (Phi) is 4.13. The second-order valence-electron chi connectivity index (χ2n) is 5.55. The number of aromatic nitrogens is 3. The van der Waals surface area contributed by atoms with Gasteiger partial charge in [-0.2, -0.15) is 0 Å². The highest BCUT2D eigenvalue weighted by Crippen LogP contribution is 2.37. The zero-order valence-electron chi connectivity index (χ0n) is 13.6. The van der Waals surface area contributed by atoms with Gasteiger partial charge in [-0.1, -0.05) is 18.2 Å². The van der Waals surface area contributed by atoms with E-state index in [0.29, 0.717) is 0 Å². The lowest BCUT2D eigenvalue weighted by Crippen LogP contribution is -2.15. The number of nitrogens with zero attached hydrogens (tertiary/aromatic N) is 3. The molecule has 0 radical (unpaired) electrons. The molecule has 3 aromatic heterocycles. The van der Waals surface area contributed by atoms with Crippen LogP contribution < -0.4 is 10.5 Å². The summed E-state index contributed by atoms with van der Waals surface area (Å²) in [7, 11) is 1.66. The molecule has 0 fully saturated rings. The van der Waals surface area contributed by atoms with Gasteiger partial charge in [0.25, 0.3) is 0 Å². The molecule has 0 saturated heterocycles. The van der Waals surface area contributed by atoms with Crippen molar-refractivity contribution in [3.05, 3.63) is 71.8 Å². The fourth-order valence-corrected chi connectivity index (χ4v) is 3.74. The van der Waals surface area contributed by atoms with Gasteiger partial charge in [0.15, 0.2) is 0 Å². The van der Waals surface area contributed by atoms with Crippen LogP contribution in [0.5, 0.6) is 5.75 Å². The molecule has 4 aromatic rings. The largest absolute Gasteiger partial charge is 0.497 e. The quantitative estimate of drug-likeness (QED) is 0.607. The van der Waals surface area contributed by atoms with Crippen LogP contribution in [0, 0.1) is 0 Å². The summed E-state index contributed by atoms with van der Waals surface area (Å²) >= 11 is 1.59. The maximum absolute atomic E-state index is 6.47. The van der Waals surface area contributed by atoms with E-state index in [2.05, 4.69) is 20.3 Å². The normalized spacial score (nSPS) is 12.2. The number of rotatable bonds is 4. The molecule has 0 bridgehead atoms. The van der Waals surface area contributed by atoms with Crippen molar-refractivity contribution in [2.75, 3.05) is 7.11 Å². The number of hydrogen-bond acceptors (Lipinski definition) is 6. The van der Waals surface area contributed by atoms with Crippen molar-refractivity contribution < 1.29 is 4.74 Å². The van der Waals surface area contributed by atoms with Crippen molar-refractivity contribution in [1.29, 1.82) is 0 Å². The Morgan fingerprint density at radius 3 is 2.60 bits per heavy atom. The van der Waals surface area contributed by atoms with Crippen molar-refractivity contribution in [3.63, 3.8) is 0 Å². The monoisotopic (exact) mass is 348 g/mol.